The molecule has 1 aromatic carbocycles. The van der Waals surface area contributed by atoms with Gasteiger partial charge in [-0.05, 0) is 17.7 Å². The number of benzene rings is 1. The average molecular weight is 279 g/mol. The van der Waals surface area contributed by atoms with Crippen molar-refractivity contribution >= 4 is 22.7 Å². The first-order valence-corrected chi connectivity index (χ1v) is 6.81. The molecule has 3 aromatic rings. The number of para-hydroxylation sites is 1. The van der Waals surface area contributed by atoms with Crippen LogP contribution in [0.1, 0.15) is 5.56 Å². The molecule has 0 atom stereocenters. The van der Waals surface area contributed by atoms with Crippen molar-refractivity contribution in [3.05, 3.63) is 54.4 Å². The Morgan fingerprint density at radius 2 is 1.86 bits per heavy atom. The topological polar surface area (TPSA) is 53.9 Å². The molecule has 5 heteroatoms. The number of pyridine rings is 1. The molecular weight excluding hydrogens is 262 g/mol. The van der Waals surface area contributed by atoms with Crippen LogP contribution >= 0.6 is 0 Å². The molecule has 0 fully saturated rings. The van der Waals surface area contributed by atoms with Gasteiger partial charge in [0.15, 0.2) is 0 Å². The summed E-state index contributed by atoms with van der Waals surface area (Å²) in [6.07, 6.45) is 3.58. The van der Waals surface area contributed by atoms with Crippen molar-refractivity contribution in [3.63, 3.8) is 0 Å². The molecule has 3 rings (SSSR count). The van der Waals surface area contributed by atoms with E-state index in [9.17, 15) is 0 Å². The van der Waals surface area contributed by atoms with E-state index in [1.54, 1.807) is 6.20 Å². The van der Waals surface area contributed by atoms with Crippen molar-refractivity contribution in [3.8, 4) is 0 Å². The summed E-state index contributed by atoms with van der Waals surface area (Å²) in [6.45, 7) is 0.679. The zero-order valence-corrected chi connectivity index (χ0v) is 12.1. The van der Waals surface area contributed by atoms with Gasteiger partial charge < -0.3 is 10.2 Å². The number of aromatic nitrogens is 3. The molecule has 106 valence electrons. The third kappa shape index (κ3) is 2.91. The second-order valence-corrected chi connectivity index (χ2v) is 4.98. The summed E-state index contributed by atoms with van der Waals surface area (Å²) in [5.74, 6) is 1.50. The van der Waals surface area contributed by atoms with E-state index in [4.69, 9.17) is 0 Å². The molecule has 2 heterocycles. The Balaban J connectivity index is 1.82. The lowest BCUT2D eigenvalue weighted by Gasteiger charge is -2.12. The molecule has 0 amide bonds. The maximum atomic E-state index is 4.46. The molecule has 1 N–H and O–H groups in total. The van der Waals surface area contributed by atoms with E-state index in [-0.39, 0.29) is 0 Å². The molecule has 0 spiro atoms. The average Bonchev–Trinajstić information content (AvgIpc) is 2.53. The lowest BCUT2D eigenvalue weighted by Crippen LogP contribution is -2.13. The van der Waals surface area contributed by atoms with Gasteiger partial charge in [0.2, 0.25) is 5.95 Å². The minimum atomic E-state index is 0.679. The highest BCUT2D eigenvalue weighted by Crippen LogP contribution is 2.17. The lowest BCUT2D eigenvalue weighted by molar-refractivity contribution is 0.988. The van der Waals surface area contributed by atoms with E-state index in [0.29, 0.717) is 12.5 Å². The molecular formula is C16H17N5. The summed E-state index contributed by atoms with van der Waals surface area (Å²) in [6, 6.07) is 12.1. The normalized spacial score (nSPS) is 10.6. The number of hydrogen-bond acceptors (Lipinski definition) is 5. The molecule has 5 nitrogen and oxygen atoms in total. The SMILES string of the molecule is CN(C)c1nccc(NCc2cccc3cccnc23)n1. The van der Waals surface area contributed by atoms with E-state index in [1.165, 1.54) is 0 Å². The second kappa shape index (κ2) is 5.75. The molecule has 2 aromatic heterocycles. The minimum absolute atomic E-state index is 0.679. The number of rotatable bonds is 4. The van der Waals surface area contributed by atoms with Gasteiger partial charge in [-0.2, -0.15) is 4.98 Å². The summed E-state index contributed by atoms with van der Waals surface area (Å²) in [5, 5.41) is 4.48. The fourth-order valence-electron chi connectivity index (χ4n) is 2.16. The molecule has 0 aliphatic carbocycles. The Bertz CT molecular complexity index is 749. The van der Waals surface area contributed by atoms with E-state index in [2.05, 4.69) is 38.5 Å². The minimum Gasteiger partial charge on any atom is -0.366 e. The first kappa shape index (κ1) is 13.3. The molecule has 0 aliphatic rings. The van der Waals surface area contributed by atoms with Crippen LogP contribution in [-0.2, 0) is 6.54 Å². The lowest BCUT2D eigenvalue weighted by atomic mass is 10.1. The summed E-state index contributed by atoms with van der Waals surface area (Å²) in [5.41, 5.74) is 2.17. The van der Waals surface area contributed by atoms with E-state index >= 15 is 0 Å². The van der Waals surface area contributed by atoms with E-state index in [0.717, 1.165) is 22.3 Å². The molecule has 0 aliphatic heterocycles. The van der Waals surface area contributed by atoms with Crippen molar-refractivity contribution in [2.24, 2.45) is 0 Å². The Hall–Kier alpha value is -2.69. The Morgan fingerprint density at radius 1 is 1.00 bits per heavy atom. The third-order valence-electron chi connectivity index (χ3n) is 3.22. The predicted octanol–water partition coefficient (Wildman–Crippen LogP) is 2.70. The number of nitrogens with one attached hydrogen (secondary N) is 1. The zero-order chi connectivity index (χ0) is 14.7. The van der Waals surface area contributed by atoms with Crippen LogP contribution in [-0.4, -0.2) is 29.0 Å². The molecule has 21 heavy (non-hydrogen) atoms. The van der Waals surface area contributed by atoms with Gasteiger partial charge in [0.05, 0.1) is 5.52 Å². The second-order valence-electron chi connectivity index (χ2n) is 4.98. The molecule has 0 bridgehead atoms. The Kier molecular flexibility index (Phi) is 3.64. The van der Waals surface area contributed by atoms with Crippen LogP contribution < -0.4 is 10.2 Å². The van der Waals surface area contributed by atoms with Gasteiger partial charge in [0.1, 0.15) is 5.82 Å². The summed E-state index contributed by atoms with van der Waals surface area (Å²) < 4.78 is 0. The van der Waals surface area contributed by atoms with Crippen LogP contribution in [0, 0.1) is 0 Å². The maximum Gasteiger partial charge on any atom is 0.226 e. The van der Waals surface area contributed by atoms with Crippen LogP contribution in [0.3, 0.4) is 0 Å². The van der Waals surface area contributed by atoms with E-state index in [1.807, 2.05) is 43.4 Å². The van der Waals surface area contributed by atoms with Crippen molar-refractivity contribution in [2.75, 3.05) is 24.3 Å². The first-order chi connectivity index (χ1) is 10.2. The molecule has 0 unspecified atom stereocenters. The van der Waals surface area contributed by atoms with Gasteiger partial charge in [-0.1, -0.05) is 24.3 Å². The van der Waals surface area contributed by atoms with Gasteiger partial charge in [0, 0.05) is 38.4 Å². The van der Waals surface area contributed by atoms with Gasteiger partial charge in [-0.3, -0.25) is 4.98 Å². The van der Waals surface area contributed by atoms with Crippen molar-refractivity contribution in [1.82, 2.24) is 15.0 Å². The van der Waals surface area contributed by atoms with Crippen molar-refractivity contribution < 1.29 is 0 Å². The number of fused-ring (bicyclic) bond motifs is 1. The number of anilines is 2. The van der Waals surface area contributed by atoms with E-state index < -0.39 is 0 Å². The van der Waals surface area contributed by atoms with Crippen LogP contribution in [0.4, 0.5) is 11.8 Å². The molecule has 0 saturated heterocycles. The Morgan fingerprint density at radius 3 is 2.71 bits per heavy atom. The van der Waals surface area contributed by atoms with Gasteiger partial charge in [-0.25, -0.2) is 4.98 Å². The standard InChI is InChI=1S/C16H17N5/c1-21(2)16-18-10-8-14(20-16)19-11-13-6-3-5-12-7-4-9-17-15(12)13/h3-10H,11H2,1-2H3,(H,18,19,20). The highest BCUT2D eigenvalue weighted by molar-refractivity contribution is 5.81. The van der Waals surface area contributed by atoms with Crippen molar-refractivity contribution in [1.29, 1.82) is 0 Å². The Labute approximate surface area is 123 Å². The molecule has 0 saturated carbocycles. The predicted molar refractivity (Wildman–Crippen MR) is 85.4 cm³/mol. The third-order valence-corrected chi connectivity index (χ3v) is 3.22. The highest BCUT2D eigenvalue weighted by atomic mass is 15.2. The zero-order valence-electron chi connectivity index (χ0n) is 12.1. The largest absolute Gasteiger partial charge is 0.366 e. The maximum absolute atomic E-state index is 4.46. The van der Waals surface area contributed by atoms with Gasteiger partial charge in [0.25, 0.3) is 0 Å². The summed E-state index contributed by atoms with van der Waals surface area (Å²) in [7, 11) is 3.85. The van der Waals surface area contributed by atoms with Gasteiger partial charge >= 0.3 is 0 Å². The highest BCUT2D eigenvalue weighted by Gasteiger charge is 2.04. The monoisotopic (exact) mass is 279 g/mol. The van der Waals surface area contributed by atoms with Crippen LogP contribution in [0.5, 0.6) is 0 Å². The quantitative estimate of drug-likeness (QED) is 0.795. The fourth-order valence-corrected chi connectivity index (χ4v) is 2.16. The van der Waals surface area contributed by atoms with Crippen LogP contribution in [0.25, 0.3) is 10.9 Å². The molecule has 0 radical (unpaired) electrons. The fraction of sp³-hybridized carbons (Fsp3) is 0.188. The number of hydrogen-bond donors (Lipinski definition) is 1. The summed E-state index contributed by atoms with van der Waals surface area (Å²) in [4.78, 5) is 15.0. The van der Waals surface area contributed by atoms with Crippen LogP contribution in [0.15, 0.2) is 48.8 Å². The van der Waals surface area contributed by atoms with Crippen molar-refractivity contribution in [2.45, 2.75) is 6.54 Å². The van der Waals surface area contributed by atoms with Crippen LogP contribution in [0.2, 0.25) is 0 Å². The smallest absolute Gasteiger partial charge is 0.226 e. The summed E-state index contributed by atoms with van der Waals surface area (Å²) >= 11 is 0. The first-order valence-electron chi connectivity index (χ1n) is 6.81. The van der Waals surface area contributed by atoms with Gasteiger partial charge in [-0.15, -0.1) is 0 Å². The number of nitrogens with zero attached hydrogens (tertiary/aromatic N) is 4.